The molecule has 21 heavy (non-hydrogen) atoms. The van der Waals surface area contributed by atoms with Gasteiger partial charge in [-0.15, -0.1) is 11.3 Å². The number of hydrogen-bond donors (Lipinski definition) is 2. The van der Waals surface area contributed by atoms with E-state index in [2.05, 4.69) is 15.0 Å². The number of sulfonamides is 1. The van der Waals surface area contributed by atoms with Crippen molar-refractivity contribution < 1.29 is 13.2 Å². The molecule has 0 atom stereocenters. The first kappa shape index (κ1) is 16.2. The zero-order chi connectivity index (χ0) is 15.8. The number of hydrogen-bond acceptors (Lipinski definition) is 5. The van der Waals surface area contributed by atoms with Crippen molar-refractivity contribution in [3.05, 3.63) is 16.7 Å². The van der Waals surface area contributed by atoms with Crippen molar-refractivity contribution in [2.75, 3.05) is 6.54 Å². The van der Waals surface area contributed by atoms with Crippen LogP contribution in [0.3, 0.4) is 0 Å². The summed E-state index contributed by atoms with van der Waals surface area (Å²) in [5, 5.41) is 4.08. The van der Waals surface area contributed by atoms with Gasteiger partial charge in [-0.05, 0) is 20.8 Å². The van der Waals surface area contributed by atoms with Gasteiger partial charge in [-0.1, -0.05) is 11.6 Å². The third-order valence-electron chi connectivity index (χ3n) is 2.37. The van der Waals surface area contributed by atoms with Gasteiger partial charge < -0.3 is 5.32 Å². The van der Waals surface area contributed by atoms with Crippen molar-refractivity contribution in [2.24, 2.45) is 0 Å². The normalized spacial score (nSPS) is 12.8. The molecular weight excluding hydrogens is 336 g/mol. The van der Waals surface area contributed by atoms with Crippen molar-refractivity contribution in [3.8, 4) is 0 Å². The van der Waals surface area contributed by atoms with Gasteiger partial charge >= 0.3 is 0 Å². The van der Waals surface area contributed by atoms with E-state index in [0.29, 0.717) is 4.96 Å². The summed E-state index contributed by atoms with van der Waals surface area (Å²) in [6, 6.07) is 0. The quantitative estimate of drug-likeness (QED) is 0.867. The first-order chi connectivity index (χ1) is 9.60. The van der Waals surface area contributed by atoms with Gasteiger partial charge in [0.15, 0.2) is 15.1 Å². The molecule has 2 heterocycles. The SMILES string of the molecule is CC(C)(C)NC(=O)CNS(=O)(=O)c1c(Cl)nc2sccn12. The fourth-order valence-electron chi connectivity index (χ4n) is 1.67. The molecule has 10 heteroatoms. The van der Waals surface area contributed by atoms with Crippen LogP contribution in [0.1, 0.15) is 20.8 Å². The predicted octanol–water partition coefficient (Wildman–Crippen LogP) is 1.24. The summed E-state index contributed by atoms with van der Waals surface area (Å²) in [7, 11) is -3.93. The van der Waals surface area contributed by atoms with Crippen LogP contribution in [0, 0.1) is 0 Å². The highest BCUT2D eigenvalue weighted by molar-refractivity contribution is 7.89. The maximum atomic E-state index is 12.3. The number of imidazole rings is 1. The minimum atomic E-state index is -3.93. The highest BCUT2D eigenvalue weighted by Gasteiger charge is 2.26. The molecule has 0 radical (unpaired) electrons. The third-order valence-corrected chi connectivity index (χ3v) is 4.93. The number of nitrogens with one attached hydrogen (secondary N) is 2. The Morgan fingerprint density at radius 1 is 1.48 bits per heavy atom. The molecule has 7 nitrogen and oxygen atoms in total. The lowest BCUT2D eigenvalue weighted by atomic mass is 10.1. The second-order valence-electron chi connectivity index (χ2n) is 5.39. The second kappa shape index (κ2) is 5.56. The summed E-state index contributed by atoms with van der Waals surface area (Å²) in [6.07, 6.45) is 1.56. The Kier molecular flexibility index (Phi) is 4.29. The average Bonchev–Trinajstić information content (AvgIpc) is 2.83. The van der Waals surface area contributed by atoms with Crippen LogP contribution in [0.2, 0.25) is 5.15 Å². The summed E-state index contributed by atoms with van der Waals surface area (Å²) in [6.45, 7) is 5.06. The lowest BCUT2D eigenvalue weighted by Gasteiger charge is -2.20. The van der Waals surface area contributed by atoms with E-state index >= 15 is 0 Å². The Hall–Kier alpha value is -1.16. The van der Waals surface area contributed by atoms with Crippen molar-refractivity contribution in [1.29, 1.82) is 0 Å². The average molecular weight is 351 g/mol. The topological polar surface area (TPSA) is 92.6 Å². The van der Waals surface area contributed by atoms with Gasteiger partial charge in [0.1, 0.15) is 0 Å². The molecule has 2 aromatic heterocycles. The summed E-state index contributed by atoms with van der Waals surface area (Å²) in [4.78, 5) is 16.1. The largest absolute Gasteiger partial charge is 0.350 e. The fraction of sp³-hybridized carbons (Fsp3) is 0.455. The van der Waals surface area contributed by atoms with E-state index in [9.17, 15) is 13.2 Å². The van der Waals surface area contributed by atoms with Crippen LogP contribution < -0.4 is 10.0 Å². The Balaban J connectivity index is 2.18. The molecule has 0 aromatic carbocycles. The van der Waals surface area contributed by atoms with E-state index in [-0.39, 0.29) is 16.7 Å². The molecule has 0 bridgehead atoms. The molecular formula is C11H15ClN4O3S2. The molecule has 2 rings (SSSR count). The first-order valence-corrected chi connectivity index (χ1v) is 8.76. The summed E-state index contributed by atoms with van der Waals surface area (Å²) in [5.41, 5.74) is -0.433. The number of aromatic nitrogens is 2. The smallest absolute Gasteiger partial charge is 0.260 e. The van der Waals surface area contributed by atoms with Gasteiger partial charge in [-0.25, -0.2) is 18.1 Å². The minimum Gasteiger partial charge on any atom is -0.350 e. The van der Waals surface area contributed by atoms with Gasteiger partial charge in [0.05, 0.1) is 6.54 Å². The number of rotatable bonds is 4. The van der Waals surface area contributed by atoms with Crippen LogP contribution in [0.25, 0.3) is 4.96 Å². The number of carbonyl (C=O) groups is 1. The number of nitrogens with zero attached hydrogens (tertiary/aromatic N) is 2. The highest BCUT2D eigenvalue weighted by Crippen LogP contribution is 2.24. The van der Waals surface area contributed by atoms with E-state index in [1.54, 1.807) is 11.6 Å². The molecule has 0 unspecified atom stereocenters. The third kappa shape index (κ3) is 3.73. The van der Waals surface area contributed by atoms with Gasteiger partial charge in [-0.2, -0.15) is 0 Å². The monoisotopic (exact) mass is 350 g/mol. The van der Waals surface area contributed by atoms with Gasteiger partial charge in [-0.3, -0.25) is 9.20 Å². The number of halogens is 1. The number of carbonyl (C=O) groups excluding carboxylic acids is 1. The van der Waals surface area contributed by atoms with Crippen molar-refractivity contribution in [3.63, 3.8) is 0 Å². The number of thiazole rings is 1. The van der Waals surface area contributed by atoms with Crippen molar-refractivity contribution >= 4 is 43.8 Å². The molecule has 116 valence electrons. The van der Waals surface area contributed by atoms with E-state index < -0.39 is 21.5 Å². The predicted molar refractivity (Wildman–Crippen MR) is 81.2 cm³/mol. The standard InChI is InChI=1S/C11H15ClN4O3S2/c1-11(2,3)15-7(17)6-13-21(18,19)9-8(12)14-10-16(9)4-5-20-10/h4-5,13H,6H2,1-3H3,(H,15,17). The fourth-order valence-corrected chi connectivity index (χ4v) is 4.10. The number of amides is 1. The summed E-state index contributed by atoms with van der Waals surface area (Å²) < 4.78 is 28.1. The molecule has 0 aliphatic carbocycles. The van der Waals surface area contributed by atoms with Crippen LogP contribution in [-0.2, 0) is 14.8 Å². The maximum absolute atomic E-state index is 12.3. The molecule has 0 fully saturated rings. The zero-order valence-electron chi connectivity index (χ0n) is 11.7. The minimum absolute atomic E-state index is 0.120. The molecule has 2 N–H and O–H groups in total. The Morgan fingerprint density at radius 2 is 2.14 bits per heavy atom. The second-order valence-corrected chi connectivity index (χ2v) is 8.30. The molecule has 0 saturated carbocycles. The van der Waals surface area contributed by atoms with E-state index in [1.807, 2.05) is 20.8 Å². The summed E-state index contributed by atoms with van der Waals surface area (Å²) in [5.74, 6) is -0.423. The van der Waals surface area contributed by atoms with Crippen LogP contribution in [0.15, 0.2) is 16.6 Å². The lowest BCUT2D eigenvalue weighted by molar-refractivity contribution is -0.121. The van der Waals surface area contributed by atoms with Gasteiger partial charge in [0.25, 0.3) is 10.0 Å². The molecule has 0 aliphatic rings. The Morgan fingerprint density at radius 3 is 2.76 bits per heavy atom. The van der Waals surface area contributed by atoms with Crippen LogP contribution in [-0.4, -0.2) is 35.8 Å². The highest BCUT2D eigenvalue weighted by atomic mass is 35.5. The van der Waals surface area contributed by atoms with Gasteiger partial charge in [0, 0.05) is 17.1 Å². The molecule has 2 aromatic rings. The molecule has 0 spiro atoms. The lowest BCUT2D eigenvalue weighted by Crippen LogP contribution is -2.45. The van der Waals surface area contributed by atoms with Crippen LogP contribution in [0.5, 0.6) is 0 Å². The maximum Gasteiger partial charge on any atom is 0.260 e. The van der Waals surface area contributed by atoms with E-state index in [1.165, 1.54) is 15.7 Å². The number of fused-ring (bicyclic) bond motifs is 1. The summed E-state index contributed by atoms with van der Waals surface area (Å²) >= 11 is 7.14. The van der Waals surface area contributed by atoms with Crippen molar-refractivity contribution in [2.45, 2.75) is 31.3 Å². The molecule has 0 saturated heterocycles. The zero-order valence-corrected chi connectivity index (χ0v) is 14.1. The molecule has 1 amide bonds. The van der Waals surface area contributed by atoms with Crippen molar-refractivity contribution in [1.82, 2.24) is 19.4 Å². The Bertz CT molecular complexity index is 773. The van der Waals surface area contributed by atoms with Crippen LogP contribution >= 0.6 is 22.9 Å². The van der Waals surface area contributed by atoms with Crippen LogP contribution in [0.4, 0.5) is 0 Å². The van der Waals surface area contributed by atoms with Gasteiger partial charge in [0.2, 0.25) is 5.91 Å². The first-order valence-electron chi connectivity index (χ1n) is 6.02. The Labute approximate surface area is 131 Å². The van der Waals surface area contributed by atoms with E-state index in [0.717, 1.165) is 0 Å². The van der Waals surface area contributed by atoms with E-state index in [4.69, 9.17) is 11.6 Å². The molecule has 0 aliphatic heterocycles.